The minimum Gasteiger partial charge on any atom is -0.497 e. The number of hydrogen-bond donors (Lipinski definition) is 0. The van der Waals surface area contributed by atoms with E-state index in [9.17, 15) is 13.2 Å². The zero-order valence-corrected chi connectivity index (χ0v) is 21.1. The van der Waals surface area contributed by atoms with E-state index in [1.54, 1.807) is 30.3 Å². The summed E-state index contributed by atoms with van der Waals surface area (Å²) in [5.41, 5.74) is 1.07. The molecular formula is C27H29F3N6O. The van der Waals surface area contributed by atoms with Crippen molar-refractivity contribution < 1.29 is 17.9 Å². The zero-order chi connectivity index (χ0) is 26.6. The van der Waals surface area contributed by atoms with E-state index >= 15 is 0 Å². The summed E-state index contributed by atoms with van der Waals surface area (Å²) in [4.78, 5) is 6.29. The third kappa shape index (κ3) is 6.32. The highest BCUT2D eigenvalue weighted by Crippen LogP contribution is 2.36. The standard InChI is InChI=1S/C27H29F3N6O/c1-26(2,3)36-25(32-33-34-36)24(21-8-5-9-22(15-21)27(28,29)30)35(18-20-7-6-14-31-16-20)17-19-10-12-23(37-4)13-11-19/h5-16,24H,17-18H2,1-4H3. The molecule has 7 nitrogen and oxygen atoms in total. The quantitative estimate of drug-likeness (QED) is 0.306. The van der Waals surface area contributed by atoms with E-state index in [2.05, 4.69) is 25.4 Å². The minimum absolute atomic E-state index is 0.401. The number of tetrazole rings is 1. The molecule has 0 N–H and O–H groups in total. The predicted molar refractivity (Wildman–Crippen MR) is 133 cm³/mol. The van der Waals surface area contributed by atoms with Gasteiger partial charge in [0.05, 0.1) is 24.3 Å². The molecule has 0 bridgehead atoms. The molecule has 0 saturated heterocycles. The van der Waals surface area contributed by atoms with Gasteiger partial charge >= 0.3 is 6.18 Å². The SMILES string of the molecule is COc1ccc(CN(Cc2cccnc2)C(c2cccc(C(F)(F)F)c2)c2nnnn2C(C)(C)C)cc1. The Balaban J connectivity index is 1.88. The average Bonchev–Trinajstić information content (AvgIpc) is 3.35. The summed E-state index contributed by atoms with van der Waals surface area (Å²) in [6, 6.07) is 16.0. The first kappa shape index (κ1) is 26.3. The van der Waals surface area contributed by atoms with E-state index in [4.69, 9.17) is 4.74 Å². The summed E-state index contributed by atoms with van der Waals surface area (Å²) in [5, 5.41) is 12.4. The first-order chi connectivity index (χ1) is 17.6. The molecule has 4 rings (SSSR count). The second kappa shape index (κ2) is 10.7. The molecule has 0 spiro atoms. The molecule has 0 fully saturated rings. The molecule has 37 heavy (non-hydrogen) atoms. The molecule has 10 heteroatoms. The van der Waals surface area contributed by atoms with Crippen molar-refractivity contribution in [3.63, 3.8) is 0 Å². The van der Waals surface area contributed by atoms with Crippen molar-refractivity contribution in [3.8, 4) is 5.75 Å². The monoisotopic (exact) mass is 510 g/mol. The van der Waals surface area contributed by atoms with E-state index in [0.29, 0.717) is 30.2 Å². The number of benzene rings is 2. The maximum atomic E-state index is 13.7. The van der Waals surface area contributed by atoms with Crippen LogP contribution in [0.2, 0.25) is 0 Å². The second-order valence-corrected chi connectivity index (χ2v) is 9.76. The third-order valence-electron chi connectivity index (χ3n) is 5.92. The Morgan fingerprint density at radius 1 is 0.946 bits per heavy atom. The number of nitrogens with zero attached hydrogens (tertiary/aromatic N) is 6. The number of halogens is 3. The van der Waals surface area contributed by atoms with Gasteiger partial charge in [-0.05, 0) is 78.2 Å². The molecule has 0 aliphatic rings. The largest absolute Gasteiger partial charge is 0.497 e. The van der Waals surface area contributed by atoms with Crippen LogP contribution in [-0.4, -0.2) is 37.2 Å². The van der Waals surface area contributed by atoms with E-state index in [0.717, 1.165) is 17.2 Å². The van der Waals surface area contributed by atoms with Gasteiger partial charge in [-0.1, -0.05) is 30.3 Å². The lowest BCUT2D eigenvalue weighted by molar-refractivity contribution is -0.137. The molecule has 0 aliphatic heterocycles. The number of hydrogen-bond acceptors (Lipinski definition) is 6. The predicted octanol–water partition coefficient (Wildman–Crippen LogP) is 5.64. The van der Waals surface area contributed by atoms with Crippen LogP contribution in [0.25, 0.3) is 0 Å². The Hall–Kier alpha value is -3.79. The lowest BCUT2D eigenvalue weighted by Crippen LogP contribution is -2.35. The molecule has 0 radical (unpaired) electrons. The minimum atomic E-state index is -4.49. The lowest BCUT2D eigenvalue weighted by atomic mass is 9.98. The van der Waals surface area contributed by atoms with Crippen molar-refractivity contribution >= 4 is 0 Å². The van der Waals surface area contributed by atoms with E-state index in [1.807, 2.05) is 57.2 Å². The summed E-state index contributed by atoms with van der Waals surface area (Å²) < 4.78 is 48.1. The van der Waals surface area contributed by atoms with Crippen molar-refractivity contribution in [1.82, 2.24) is 30.1 Å². The van der Waals surface area contributed by atoms with E-state index < -0.39 is 23.3 Å². The highest BCUT2D eigenvalue weighted by molar-refractivity contribution is 5.33. The maximum Gasteiger partial charge on any atom is 0.416 e. The fourth-order valence-corrected chi connectivity index (χ4v) is 4.18. The van der Waals surface area contributed by atoms with E-state index in [-0.39, 0.29) is 0 Å². The van der Waals surface area contributed by atoms with Crippen LogP contribution in [0.15, 0.2) is 73.1 Å². The van der Waals surface area contributed by atoms with Crippen LogP contribution in [0.4, 0.5) is 13.2 Å². The Bertz CT molecular complexity index is 1300. The van der Waals surface area contributed by atoms with Crippen molar-refractivity contribution in [2.24, 2.45) is 0 Å². The van der Waals surface area contributed by atoms with Crippen molar-refractivity contribution in [1.29, 1.82) is 0 Å². The lowest BCUT2D eigenvalue weighted by Gasteiger charge is -2.33. The summed E-state index contributed by atoms with van der Waals surface area (Å²) >= 11 is 0. The molecule has 1 unspecified atom stereocenters. The topological polar surface area (TPSA) is 69.0 Å². The van der Waals surface area contributed by atoms with Crippen molar-refractivity contribution in [2.75, 3.05) is 7.11 Å². The van der Waals surface area contributed by atoms with Gasteiger partial charge in [0, 0.05) is 25.5 Å². The van der Waals surface area contributed by atoms with E-state index in [1.165, 1.54) is 12.1 Å². The average molecular weight is 511 g/mol. The Morgan fingerprint density at radius 2 is 1.68 bits per heavy atom. The van der Waals surface area contributed by atoms with Crippen LogP contribution in [-0.2, 0) is 24.8 Å². The van der Waals surface area contributed by atoms with Crippen LogP contribution in [0, 0.1) is 0 Å². The molecule has 2 heterocycles. The zero-order valence-electron chi connectivity index (χ0n) is 21.1. The molecular weight excluding hydrogens is 481 g/mol. The Kier molecular flexibility index (Phi) is 7.58. The highest BCUT2D eigenvalue weighted by atomic mass is 19.4. The van der Waals surface area contributed by atoms with Gasteiger partial charge in [0.15, 0.2) is 5.82 Å². The fraction of sp³-hybridized carbons (Fsp3) is 0.333. The number of rotatable bonds is 8. The van der Waals surface area contributed by atoms with Gasteiger partial charge in [0.25, 0.3) is 0 Å². The van der Waals surface area contributed by atoms with Crippen molar-refractivity contribution in [2.45, 2.75) is 51.6 Å². The molecule has 1 atom stereocenters. The smallest absolute Gasteiger partial charge is 0.416 e. The maximum absolute atomic E-state index is 13.7. The summed E-state index contributed by atoms with van der Waals surface area (Å²) in [5.74, 6) is 1.16. The van der Waals surface area contributed by atoms with Gasteiger partial charge in [0.2, 0.25) is 0 Å². The number of aromatic nitrogens is 5. The van der Waals surface area contributed by atoms with Gasteiger partial charge in [-0.3, -0.25) is 9.88 Å². The molecule has 0 aliphatic carbocycles. The molecule has 2 aromatic heterocycles. The number of ether oxygens (including phenoxy) is 1. The summed E-state index contributed by atoms with van der Waals surface area (Å²) in [6.07, 6.45) is -1.06. The Morgan fingerprint density at radius 3 is 2.30 bits per heavy atom. The van der Waals surface area contributed by atoms with Crippen LogP contribution in [0.3, 0.4) is 0 Å². The number of pyridine rings is 1. The van der Waals surface area contributed by atoms with Crippen LogP contribution in [0.5, 0.6) is 5.75 Å². The first-order valence-electron chi connectivity index (χ1n) is 11.8. The van der Waals surface area contributed by atoms with Gasteiger partial charge in [-0.25, -0.2) is 4.68 Å². The van der Waals surface area contributed by atoms with Gasteiger partial charge in [0.1, 0.15) is 5.75 Å². The highest BCUT2D eigenvalue weighted by Gasteiger charge is 2.35. The van der Waals surface area contributed by atoms with Crippen LogP contribution in [0.1, 0.15) is 54.9 Å². The number of alkyl halides is 3. The summed E-state index contributed by atoms with van der Waals surface area (Å²) in [6.45, 7) is 6.66. The molecule has 194 valence electrons. The van der Waals surface area contributed by atoms with Crippen LogP contribution < -0.4 is 4.74 Å². The second-order valence-electron chi connectivity index (χ2n) is 9.76. The van der Waals surface area contributed by atoms with Gasteiger partial charge in [-0.2, -0.15) is 13.2 Å². The normalized spacial score (nSPS) is 13.1. The molecule has 2 aromatic carbocycles. The van der Waals surface area contributed by atoms with Gasteiger partial charge < -0.3 is 4.74 Å². The fourth-order valence-electron chi connectivity index (χ4n) is 4.18. The Labute approximate surface area is 213 Å². The van der Waals surface area contributed by atoms with Crippen molar-refractivity contribution in [3.05, 3.63) is 101 Å². The van der Waals surface area contributed by atoms with Crippen LogP contribution >= 0.6 is 0 Å². The summed E-state index contributed by atoms with van der Waals surface area (Å²) in [7, 11) is 1.60. The molecule has 0 amide bonds. The third-order valence-corrected chi connectivity index (χ3v) is 5.92. The molecule has 0 saturated carbocycles. The first-order valence-corrected chi connectivity index (χ1v) is 11.8. The van der Waals surface area contributed by atoms with Gasteiger partial charge in [-0.15, -0.1) is 5.10 Å². The number of methoxy groups -OCH3 is 1. The molecule has 4 aromatic rings.